The van der Waals surface area contributed by atoms with Crippen LogP contribution in [0.2, 0.25) is 0 Å². The van der Waals surface area contributed by atoms with E-state index in [0.717, 1.165) is 5.56 Å². The Balaban J connectivity index is 2.02. The summed E-state index contributed by atoms with van der Waals surface area (Å²) < 4.78 is 0. The number of hydrogen-bond acceptors (Lipinski definition) is 5. The second-order valence-corrected chi connectivity index (χ2v) is 4.54. The first-order chi connectivity index (χ1) is 11.2. The fourth-order valence-electron chi connectivity index (χ4n) is 1.81. The Labute approximate surface area is 133 Å². The summed E-state index contributed by atoms with van der Waals surface area (Å²) in [6.07, 6.45) is 0. The largest absolute Gasteiger partial charge is 0.348 e. The van der Waals surface area contributed by atoms with Crippen LogP contribution in [0.1, 0.15) is 15.9 Å². The van der Waals surface area contributed by atoms with Gasteiger partial charge in [-0.25, -0.2) is 0 Å². The third-order valence-electron chi connectivity index (χ3n) is 2.93. The molecule has 2 rings (SSSR count). The minimum Gasteiger partial charge on any atom is -0.348 e. The van der Waals surface area contributed by atoms with Crippen molar-refractivity contribution in [2.24, 2.45) is 5.10 Å². The number of nitrogens with one attached hydrogen (secondary N) is 2. The Kier molecular flexibility index (Phi) is 5.45. The van der Waals surface area contributed by atoms with Gasteiger partial charge < -0.3 is 5.32 Å². The molecule has 112 valence electrons. The van der Waals surface area contributed by atoms with Crippen LogP contribution < -0.4 is 10.7 Å². The summed E-state index contributed by atoms with van der Waals surface area (Å²) in [6.45, 7) is 0.433. The van der Waals surface area contributed by atoms with Gasteiger partial charge in [-0.05, 0) is 23.8 Å². The molecule has 0 aromatic heterocycles. The standard InChI is InChI=1S/C17H13N5O/c18-10-16(11-19)22-21-15-8-4-7-14(9-15)17(23)20-12-13-5-2-1-3-6-13/h1-9,21H,12H2,(H,20,23). The number of carbonyl (C=O) groups excluding carboxylic acids is 1. The summed E-state index contributed by atoms with van der Waals surface area (Å²) in [7, 11) is 0. The van der Waals surface area contributed by atoms with E-state index in [1.165, 1.54) is 0 Å². The SMILES string of the molecule is N#CC(C#N)=NNc1cccc(C(=O)NCc2ccccc2)c1. The first-order valence-electron chi connectivity index (χ1n) is 6.79. The zero-order valence-corrected chi connectivity index (χ0v) is 12.2. The number of nitriles is 2. The van der Waals surface area contributed by atoms with Crippen LogP contribution >= 0.6 is 0 Å². The normalized spacial score (nSPS) is 9.13. The second kappa shape index (κ2) is 7.96. The van der Waals surface area contributed by atoms with Gasteiger partial charge >= 0.3 is 0 Å². The summed E-state index contributed by atoms with van der Waals surface area (Å²) in [6, 6.07) is 19.5. The minimum atomic E-state index is -0.288. The predicted molar refractivity (Wildman–Crippen MR) is 86.3 cm³/mol. The average molecular weight is 303 g/mol. The van der Waals surface area contributed by atoms with Crippen molar-refractivity contribution >= 4 is 17.3 Å². The molecule has 0 aliphatic rings. The van der Waals surface area contributed by atoms with Gasteiger partial charge in [0.15, 0.2) is 0 Å². The third kappa shape index (κ3) is 4.69. The molecule has 0 heterocycles. The third-order valence-corrected chi connectivity index (χ3v) is 2.93. The highest BCUT2D eigenvalue weighted by atomic mass is 16.1. The molecule has 2 aromatic rings. The molecule has 6 heteroatoms. The number of hydrazone groups is 1. The van der Waals surface area contributed by atoms with Crippen molar-refractivity contribution in [1.82, 2.24) is 5.32 Å². The van der Waals surface area contributed by atoms with Crippen LogP contribution in [0.15, 0.2) is 59.7 Å². The molecule has 0 saturated carbocycles. The Morgan fingerprint density at radius 2 is 1.78 bits per heavy atom. The molecular formula is C17H13N5O. The van der Waals surface area contributed by atoms with E-state index in [2.05, 4.69) is 15.8 Å². The van der Waals surface area contributed by atoms with E-state index in [-0.39, 0.29) is 11.6 Å². The van der Waals surface area contributed by atoms with Crippen LogP contribution in [0, 0.1) is 22.7 Å². The molecule has 0 spiro atoms. The van der Waals surface area contributed by atoms with Gasteiger partial charge in [-0.3, -0.25) is 10.2 Å². The fourth-order valence-corrected chi connectivity index (χ4v) is 1.81. The Bertz CT molecular complexity index is 784. The molecule has 6 nitrogen and oxygen atoms in total. The van der Waals surface area contributed by atoms with Crippen LogP contribution in [0.4, 0.5) is 5.69 Å². The maximum Gasteiger partial charge on any atom is 0.251 e. The number of hydrogen-bond donors (Lipinski definition) is 2. The van der Waals surface area contributed by atoms with Crippen molar-refractivity contribution in [2.45, 2.75) is 6.54 Å². The van der Waals surface area contributed by atoms with E-state index < -0.39 is 0 Å². The molecule has 2 N–H and O–H groups in total. The maximum atomic E-state index is 12.1. The number of benzene rings is 2. The quantitative estimate of drug-likeness (QED) is 0.654. The van der Waals surface area contributed by atoms with E-state index in [1.54, 1.807) is 36.4 Å². The van der Waals surface area contributed by atoms with E-state index in [9.17, 15) is 4.79 Å². The van der Waals surface area contributed by atoms with Gasteiger partial charge in [0.1, 0.15) is 12.1 Å². The topological polar surface area (TPSA) is 101 Å². The molecule has 1 amide bonds. The summed E-state index contributed by atoms with van der Waals surface area (Å²) in [5.74, 6) is -0.220. The van der Waals surface area contributed by atoms with Crippen molar-refractivity contribution in [1.29, 1.82) is 10.5 Å². The first kappa shape index (κ1) is 15.7. The van der Waals surface area contributed by atoms with E-state index >= 15 is 0 Å². The van der Waals surface area contributed by atoms with Crippen molar-refractivity contribution in [2.75, 3.05) is 5.43 Å². The molecule has 0 saturated heterocycles. The molecule has 23 heavy (non-hydrogen) atoms. The average Bonchev–Trinajstić information content (AvgIpc) is 2.61. The van der Waals surface area contributed by atoms with E-state index in [0.29, 0.717) is 17.8 Å². The van der Waals surface area contributed by atoms with Crippen LogP contribution in [0.3, 0.4) is 0 Å². The van der Waals surface area contributed by atoms with Gasteiger partial charge in [-0.15, -0.1) is 0 Å². The molecule has 0 bridgehead atoms. The van der Waals surface area contributed by atoms with Gasteiger partial charge in [0.2, 0.25) is 5.71 Å². The van der Waals surface area contributed by atoms with Gasteiger partial charge in [0.05, 0.1) is 5.69 Å². The first-order valence-corrected chi connectivity index (χ1v) is 6.79. The minimum absolute atomic E-state index is 0.220. The summed E-state index contributed by atoms with van der Waals surface area (Å²) in [4.78, 5) is 12.1. The lowest BCUT2D eigenvalue weighted by molar-refractivity contribution is 0.0951. The van der Waals surface area contributed by atoms with E-state index in [4.69, 9.17) is 10.5 Å². The molecular weight excluding hydrogens is 290 g/mol. The number of carbonyl (C=O) groups is 1. The smallest absolute Gasteiger partial charge is 0.251 e. The summed E-state index contributed by atoms with van der Waals surface area (Å²) in [5, 5.41) is 23.7. The lowest BCUT2D eigenvalue weighted by Crippen LogP contribution is -2.22. The van der Waals surface area contributed by atoms with Crippen LogP contribution in [0.5, 0.6) is 0 Å². The fraction of sp³-hybridized carbons (Fsp3) is 0.0588. The van der Waals surface area contributed by atoms with Crippen molar-refractivity contribution < 1.29 is 4.79 Å². The molecule has 0 radical (unpaired) electrons. The molecule has 0 unspecified atom stereocenters. The van der Waals surface area contributed by atoms with Crippen LogP contribution in [-0.2, 0) is 6.54 Å². The zero-order valence-electron chi connectivity index (χ0n) is 12.2. The van der Waals surface area contributed by atoms with Gasteiger partial charge in [0, 0.05) is 12.1 Å². The maximum absolute atomic E-state index is 12.1. The lowest BCUT2D eigenvalue weighted by atomic mass is 10.1. The lowest BCUT2D eigenvalue weighted by Gasteiger charge is -2.07. The molecule has 0 atom stereocenters. The molecule has 0 aliphatic heterocycles. The number of rotatable bonds is 5. The van der Waals surface area contributed by atoms with Gasteiger partial charge in [-0.1, -0.05) is 36.4 Å². The summed E-state index contributed by atoms with van der Waals surface area (Å²) >= 11 is 0. The van der Waals surface area contributed by atoms with Crippen LogP contribution in [0.25, 0.3) is 0 Å². The Morgan fingerprint density at radius 3 is 2.48 bits per heavy atom. The molecule has 0 aliphatic carbocycles. The van der Waals surface area contributed by atoms with Gasteiger partial charge in [-0.2, -0.15) is 15.6 Å². The number of amides is 1. The Hall–Kier alpha value is -3.64. The molecule has 2 aromatic carbocycles. The van der Waals surface area contributed by atoms with Crippen molar-refractivity contribution in [3.63, 3.8) is 0 Å². The predicted octanol–water partition coefficient (Wildman–Crippen LogP) is 2.43. The Morgan fingerprint density at radius 1 is 1.04 bits per heavy atom. The monoisotopic (exact) mass is 303 g/mol. The van der Waals surface area contributed by atoms with Crippen molar-refractivity contribution in [3.05, 3.63) is 65.7 Å². The number of nitrogens with zero attached hydrogens (tertiary/aromatic N) is 3. The highest BCUT2D eigenvalue weighted by molar-refractivity contribution is 6.10. The van der Waals surface area contributed by atoms with Crippen molar-refractivity contribution in [3.8, 4) is 12.1 Å². The number of anilines is 1. The highest BCUT2D eigenvalue weighted by Gasteiger charge is 2.06. The van der Waals surface area contributed by atoms with Gasteiger partial charge in [0.25, 0.3) is 5.91 Å². The summed E-state index contributed by atoms with van der Waals surface area (Å²) in [5.41, 5.74) is 4.27. The van der Waals surface area contributed by atoms with E-state index in [1.807, 2.05) is 30.3 Å². The molecule has 0 fully saturated rings. The van der Waals surface area contributed by atoms with Crippen LogP contribution in [-0.4, -0.2) is 11.6 Å². The highest BCUT2D eigenvalue weighted by Crippen LogP contribution is 2.11. The second-order valence-electron chi connectivity index (χ2n) is 4.54. The zero-order chi connectivity index (χ0) is 16.5.